The van der Waals surface area contributed by atoms with Gasteiger partial charge in [0.1, 0.15) is 5.52 Å². The zero-order chi connectivity index (χ0) is 14.8. The van der Waals surface area contributed by atoms with Crippen molar-refractivity contribution >= 4 is 22.8 Å². The largest absolute Gasteiger partial charge is 0.423 e. The standard InChI is InChI=1S/C13H17N3O4/c1-3-13(17,4-2)8-14-12-15-10-6-5-9(16(18)19)7-11(10)20-12/h5-7,17H,3-4,8H2,1-2H3,(H,14,15). The maximum absolute atomic E-state index is 10.7. The first-order valence-corrected chi connectivity index (χ1v) is 6.48. The summed E-state index contributed by atoms with van der Waals surface area (Å²) in [6.45, 7) is 4.12. The second-order valence-electron chi connectivity index (χ2n) is 4.71. The van der Waals surface area contributed by atoms with Crippen molar-refractivity contribution in [2.75, 3.05) is 11.9 Å². The minimum atomic E-state index is -0.813. The summed E-state index contributed by atoms with van der Waals surface area (Å²) < 4.78 is 5.41. The number of nitrogens with zero attached hydrogens (tertiary/aromatic N) is 2. The van der Waals surface area contributed by atoms with Gasteiger partial charge < -0.3 is 14.8 Å². The van der Waals surface area contributed by atoms with Gasteiger partial charge in [-0.05, 0) is 18.9 Å². The molecular weight excluding hydrogens is 262 g/mol. The predicted molar refractivity (Wildman–Crippen MR) is 74.7 cm³/mol. The summed E-state index contributed by atoms with van der Waals surface area (Å²) in [5.74, 6) is 0. The second kappa shape index (κ2) is 5.46. The smallest absolute Gasteiger partial charge is 0.295 e. The summed E-state index contributed by atoms with van der Waals surface area (Å²) in [4.78, 5) is 14.4. The molecule has 7 nitrogen and oxygen atoms in total. The number of non-ortho nitro benzene ring substituents is 1. The molecule has 1 heterocycles. The van der Waals surface area contributed by atoms with Crippen molar-refractivity contribution in [3.63, 3.8) is 0 Å². The van der Waals surface area contributed by atoms with Gasteiger partial charge in [-0.15, -0.1) is 0 Å². The number of aliphatic hydroxyl groups is 1. The van der Waals surface area contributed by atoms with Gasteiger partial charge in [-0.1, -0.05) is 13.8 Å². The highest BCUT2D eigenvalue weighted by Crippen LogP contribution is 2.24. The van der Waals surface area contributed by atoms with E-state index >= 15 is 0 Å². The lowest BCUT2D eigenvalue weighted by atomic mass is 9.98. The van der Waals surface area contributed by atoms with Crippen LogP contribution in [0, 0.1) is 10.1 Å². The van der Waals surface area contributed by atoms with Crippen LogP contribution in [-0.2, 0) is 0 Å². The second-order valence-corrected chi connectivity index (χ2v) is 4.71. The number of anilines is 1. The molecule has 1 aromatic heterocycles. The van der Waals surface area contributed by atoms with Gasteiger partial charge in [0, 0.05) is 12.6 Å². The maximum atomic E-state index is 10.7. The first-order valence-electron chi connectivity index (χ1n) is 6.48. The maximum Gasteiger partial charge on any atom is 0.295 e. The third-order valence-electron chi connectivity index (χ3n) is 3.47. The zero-order valence-corrected chi connectivity index (χ0v) is 11.4. The van der Waals surface area contributed by atoms with E-state index in [9.17, 15) is 15.2 Å². The molecule has 0 saturated carbocycles. The van der Waals surface area contributed by atoms with Crippen molar-refractivity contribution in [3.8, 4) is 0 Å². The van der Waals surface area contributed by atoms with Crippen molar-refractivity contribution in [2.24, 2.45) is 0 Å². The first kappa shape index (κ1) is 14.3. The Kier molecular flexibility index (Phi) is 3.89. The molecule has 108 valence electrons. The normalized spacial score (nSPS) is 11.8. The number of benzene rings is 1. The van der Waals surface area contributed by atoms with Crippen LogP contribution in [0.4, 0.5) is 11.7 Å². The molecule has 7 heteroatoms. The number of nitro groups is 1. The molecule has 0 amide bonds. The molecule has 2 rings (SSSR count). The van der Waals surface area contributed by atoms with Gasteiger partial charge in [0.05, 0.1) is 16.6 Å². The number of hydrogen-bond acceptors (Lipinski definition) is 6. The van der Waals surface area contributed by atoms with Crippen LogP contribution in [-0.4, -0.2) is 27.2 Å². The van der Waals surface area contributed by atoms with E-state index in [0.717, 1.165) is 0 Å². The fraction of sp³-hybridized carbons (Fsp3) is 0.462. The molecule has 2 N–H and O–H groups in total. The van der Waals surface area contributed by atoms with Gasteiger partial charge in [-0.2, -0.15) is 4.98 Å². The van der Waals surface area contributed by atoms with Crippen LogP contribution in [0.1, 0.15) is 26.7 Å². The Bertz CT molecular complexity index is 619. The van der Waals surface area contributed by atoms with E-state index in [1.54, 1.807) is 0 Å². The SMILES string of the molecule is CCC(O)(CC)CNc1nc2ccc([N+](=O)[O-])cc2o1. The highest BCUT2D eigenvalue weighted by molar-refractivity contribution is 5.77. The Hall–Kier alpha value is -2.15. The number of fused-ring (bicyclic) bond motifs is 1. The summed E-state index contributed by atoms with van der Waals surface area (Å²) in [6, 6.07) is 4.50. The van der Waals surface area contributed by atoms with Crippen LogP contribution in [0.2, 0.25) is 0 Å². The Morgan fingerprint density at radius 2 is 2.15 bits per heavy atom. The van der Waals surface area contributed by atoms with Crippen LogP contribution in [0.5, 0.6) is 0 Å². The van der Waals surface area contributed by atoms with Gasteiger partial charge in [-0.3, -0.25) is 10.1 Å². The lowest BCUT2D eigenvalue weighted by molar-refractivity contribution is -0.384. The molecular formula is C13H17N3O4. The van der Waals surface area contributed by atoms with E-state index in [0.29, 0.717) is 30.5 Å². The van der Waals surface area contributed by atoms with Gasteiger partial charge in [-0.25, -0.2) is 0 Å². The van der Waals surface area contributed by atoms with Crippen LogP contribution in [0.25, 0.3) is 11.1 Å². The van der Waals surface area contributed by atoms with Crippen molar-refractivity contribution in [3.05, 3.63) is 28.3 Å². The van der Waals surface area contributed by atoms with E-state index in [4.69, 9.17) is 4.42 Å². The average Bonchev–Trinajstić information content (AvgIpc) is 2.86. The Labute approximate surface area is 115 Å². The lowest BCUT2D eigenvalue weighted by Crippen LogP contribution is -2.35. The summed E-state index contributed by atoms with van der Waals surface area (Å²) >= 11 is 0. The molecule has 0 aliphatic heterocycles. The lowest BCUT2D eigenvalue weighted by Gasteiger charge is -2.24. The molecule has 0 radical (unpaired) electrons. The van der Waals surface area contributed by atoms with Crippen molar-refractivity contribution in [1.29, 1.82) is 0 Å². The third-order valence-corrected chi connectivity index (χ3v) is 3.47. The van der Waals surface area contributed by atoms with Crippen LogP contribution in [0.15, 0.2) is 22.6 Å². The molecule has 0 unspecified atom stereocenters. The monoisotopic (exact) mass is 279 g/mol. The molecule has 0 saturated heterocycles. The number of aromatic nitrogens is 1. The fourth-order valence-corrected chi connectivity index (χ4v) is 1.84. The summed E-state index contributed by atoms with van der Waals surface area (Å²) in [7, 11) is 0. The number of oxazole rings is 1. The molecule has 20 heavy (non-hydrogen) atoms. The van der Waals surface area contributed by atoms with Crippen molar-refractivity contribution < 1.29 is 14.4 Å². The Morgan fingerprint density at radius 1 is 1.45 bits per heavy atom. The van der Waals surface area contributed by atoms with E-state index in [1.165, 1.54) is 18.2 Å². The molecule has 0 aliphatic carbocycles. The van der Waals surface area contributed by atoms with E-state index in [1.807, 2.05) is 13.8 Å². The van der Waals surface area contributed by atoms with E-state index < -0.39 is 10.5 Å². The summed E-state index contributed by atoms with van der Waals surface area (Å²) in [5.41, 5.74) is 0.0267. The van der Waals surface area contributed by atoms with E-state index in [-0.39, 0.29) is 11.7 Å². The summed E-state index contributed by atoms with van der Waals surface area (Å²) in [6.07, 6.45) is 1.23. The topological polar surface area (TPSA) is 101 Å². The number of rotatable bonds is 6. The number of hydrogen-bond donors (Lipinski definition) is 2. The Balaban J connectivity index is 2.18. The van der Waals surface area contributed by atoms with Crippen molar-refractivity contribution in [2.45, 2.75) is 32.3 Å². The third kappa shape index (κ3) is 2.88. The average molecular weight is 279 g/mol. The molecule has 1 aromatic carbocycles. The first-order chi connectivity index (χ1) is 9.47. The number of nitro benzene ring substituents is 1. The van der Waals surface area contributed by atoms with Gasteiger partial charge in [0.15, 0.2) is 5.58 Å². The highest BCUT2D eigenvalue weighted by atomic mass is 16.6. The van der Waals surface area contributed by atoms with Gasteiger partial charge in [0.2, 0.25) is 0 Å². The quantitative estimate of drug-likeness (QED) is 0.622. The minimum absolute atomic E-state index is 0.0428. The minimum Gasteiger partial charge on any atom is -0.423 e. The molecule has 0 fully saturated rings. The van der Waals surface area contributed by atoms with Gasteiger partial charge >= 0.3 is 0 Å². The van der Waals surface area contributed by atoms with E-state index in [2.05, 4.69) is 10.3 Å². The summed E-state index contributed by atoms with van der Waals surface area (Å²) in [5, 5.41) is 23.8. The van der Waals surface area contributed by atoms with Crippen molar-refractivity contribution in [1.82, 2.24) is 4.98 Å². The molecule has 0 bridgehead atoms. The zero-order valence-electron chi connectivity index (χ0n) is 11.4. The predicted octanol–water partition coefficient (Wildman–Crippen LogP) is 2.70. The van der Waals surface area contributed by atoms with Crippen LogP contribution < -0.4 is 5.32 Å². The van der Waals surface area contributed by atoms with Gasteiger partial charge in [0.25, 0.3) is 11.7 Å². The highest BCUT2D eigenvalue weighted by Gasteiger charge is 2.22. The van der Waals surface area contributed by atoms with Crippen LogP contribution >= 0.6 is 0 Å². The molecule has 0 spiro atoms. The molecule has 0 aliphatic rings. The Morgan fingerprint density at radius 3 is 2.75 bits per heavy atom. The molecule has 0 atom stereocenters. The van der Waals surface area contributed by atoms with Crippen LogP contribution in [0.3, 0.4) is 0 Å². The fourth-order valence-electron chi connectivity index (χ4n) is 1.84. The molecule has 2 aromatic rings. The number of nitrogens with one attached hydrogen (secondary N) is 1.